The third-order valence-corrected chi connectivity index (χ3v) is 3.49. The average Bonchev–Trinajstić information content (AvgIpc) is 2.41. The van der Waals surface area contributed by atoms with Crippen LogP contribution in [0, 0.1) is 5.82 Å². The van der Waals surface area contributed by atoms with E-state index in [1.54, 1.807) is 19.1 Å². The second-order valence-corrected chi connectivity index (χ2v) is 5.53. The summed E-state index contributed by atoms with van der Waals surface area (Å²) >= 11 is 3.24. The third kappa shape index (κ3) is 3.97. The molecule has 0 spiro atoms. The molecular weight excluding hydrogens is 350 g/mol. The first kappa shape index (κ1) is 15.8. The van der Waals surface area contributed by atoms with Gasteiger partial charge in [-0.05, 0) is 43.3 Å². The number of rotatable bonds is 3. The number of alkyl halides is 3. The molecule has 2 aromatic carbocycles. The van der Waals surface area contributed by atoms with Crippen molar-refractivity contribution in [1.82, 2.24) is 0 Å². The Bertz CT molecular complexity index is 640. The van der Waals surface area contributed by atoms with Crippen LogP contribution in [-0.2, 0) is 6.18 Å². The Hall–Kier alpha value is -1.56. The first-order valence-electron chi connectivity index (χ1n) is 6.16. The summed E-state index contributed by atoms with van der Waals surface area (Å²) in [7, 11) is 0. The van der Waals surface area contributed by atoms with Gasteiger partial charge in [0.1, 0.15) is 5.82 Å². The predicted molar refractivity (Wildman–Crippen MR) is 77.6 cm³/mol. The molecule has 6 heteroatoms. The van der Waals surface area contributed by atoms with Crippen molar-refractivity contribution in [1.29, 1.82) is 0 Å². The summed E-state index contributed by atoms with van der Waals surface area (Å²) in [5, 5.41) is 2.88. The van der Waals surface area contributed by atoms with Crippen molar-refractivity contribution >= 4 is 21.6 Å². The zero-order valence-electron chi connectivity index (χ0n) is 11.0. The first-order chi connectivity index (χ1) is 9.77. The lowest BCUT2D eigenvalue weighted by atomic mass is 10.1. The standard InChI is InChI=1S/C15H12BrF4N/c1-9(13-8-11(16)5-6-14(13)17)21-12-4-2-3-10(7-12)15(18,19)20/h2-9,21H,1H3. The average molecular weight is 362 g/mol. The van der Waals surface area contributed by atoms with Gasteiger partial charge in [0.25, 0.3) is 0 Å². The molecule has 112 valence electrons. The van der Waals surface area contributed by atoms with Crippen LogP contribution in [0.5, 0.6) is 0 Å². The molecular formula is C15H12BrF4N. The van der Waals surface area contributed by atoms with Gasteiger partial charge in [-0.1, -0.05) is 22.0 Å². The molecule has 2 aromatic rings. The molecule has 21 heavy (non-hydrogen) atoms. The molecule has 1 unspecified atom stereocenters. The van der Waals surface area contributed by atoms with E-state index in [1.165, 1.54) is 18.2 Å². The van der Waals surface area contributed by atoms with Crippen LogP contribution in [0.2, 0.25) is 0 Å². The second-order valence-electron chi connectivity index (χ2n) is 4.61. The summed E-state index contributed by atoms with van der Waals surface area (Å²) in [5.41, 5.74) is -0.0760. The highest BCUT2D eigenvalue weighted by Gasteiger charge is 2.30. The van der Waals surface area contributed by atoms with Crippen LogP contribution in [0.25, 0.3) is 0 Å². The van der Waals surface area contributed by atoms with E-state index in [4.69, 9.17) is 0 Å². The molecule has 0 fully saturated rings. The topological polar surface area (TPSA) is 12.0 Å². The van der Waals surface area contributed by atoms with E-state index in [0.29, 0.717) is 10.0 Å². The number of anilines is 1. The number of hydrogen-bond donors (Lipinski definition) is 1. The summed E-state index contributed by atoms with van der Waals surface area (Å²) in [4.78, 5) is 0. The van der Waals surface area contributed by atoms with Gasteiger partial charge >= 0.3 is 6.18 Å². The molecule has 1 N–H and O–H groups in total. The molecule has 0 saturated carbocycles. The Morgan fingerprint density at radius 3 is 2.48 bits per heavy atom. The highest BCUT2D eigenvalue weighted by atomic mass is 79.9. The molecule has 0 heterocycles. The molecule has 0 saturated heterocycles. The van der Waals surface area contributed by atoms with Gasteiger partial charge in [0.2, 0.25) is 0 Å². The molecule has 0 bridgehead atoms. The van der Waals surface area contributed by atoms with Gasteiger partial charge in [-0.3, -0.25) is 0 Å². The molecule has 1 nitrogen and oxygen atoms in total. The van der Waals surface area contributed by atoms with Gasteiger partial charge in [-0.2, -0.15) is 13.2 Å². The zero-order valence-corrected chi connectivity index (χ0v) is 12.6. The van der Waals surface area contributed by atoms with Gasteiger partial charge in [0.15, 0.2) is 0 Å². The number of hydrogen-bond acceptors (Lipinski definition) is 1. The van der Waals surface area contributed by atoms with Crippen LogP contribution in [0.15, 0.2) is 46.9 Å². The van der Waals surface area contributed by atoms with Crippen LogP contribution >= 0.6 is 15.9 Å². The lowest BCUT2D eigenvalue weighted by molar-refractivity contribution is -0.137. The van der Waals surface area contributed by atoms with Crippen molar-refractivity contribution in [3.8, 4) is 0 Å². The molecule has 0 aliphatic rings. The quantitative estimate of drug-likeness (QED) is 0.683. The van der Waals surface area contributed by atoms with Gasteiger partial charge < -0.3 is 5.32 Å². The second kappa shape index (κ2) is 6.05. The van der Waals surface area contributed by atoms with Crippen molar-refractivity contribution in [2.75, 3.05) is 5.32 Å². The van der Waals surface area contributed by atoms with Gasteiger partial charge in [0.05, 0.1) is 11.6 Å². The fraction of sp³-hybridized carbons (Fsp3) is 0.200. The maximum Gasteiger partial charge on any atom is 0.416 e. The summed E-state index contributed by atoms with van der Waals surface area (Å²) in [5.74, 6) is -0.412. The minimum Gasteiger partial charge on any atom is -0.378 e. The molecule has 0 aliphatic carbocycles. The number of benzene rings is 2. The Labute approximate surface area is 128 Å². The van der Waals surface area contributed by atoms with E-state index in [1.807, 2.05) is 0 Å². The van der Waals surface area contributed by atoms with Crippen LogP contribution in [-0.4, -0.2) is 0 Å². The maximum absolute atomic E-state index is 13.8. The summed E-state index contributed by atoms with van der Waals surface area (Å²) in [6.45, 7) is 1.69. The van der Waals surface area contributed by atoms with Crippen LogP contribution in [0.1, 0.15) is 24.1 Å². The molecule has 0 aliphatic heterocycles. The molecule has 0 aromatic heterocycles. The molecule has 2 rings (SSSR count). The monoisotopic (exact) mass is 361 g/mol. The van der Waals surface area contributed by atoms with Crippen molar-refractivity contribution in [3.63, 3.8) is 0 Å². The smallest absolute Gasteiger partial charge is 0.378 e. The van der Waals surface area contributed by atoms with Gasteiger partial charge in [-0.15, -0.1) is 0 Å². The van der Waals surface area contributed by atoms with Gasteiger partial charge in [-0.25, -0.2) is 4.39 Å². The normalized spacial score (nSPS) is 13.0. The van der Waals surface area contributed by atoms with Crippen LogP contribution < -0.4 is 5.32 Å². The van der Waals surface area contributed by atoms with Crippen molar-refractivity contribution in [3.05, 3.63) is 63.9 Å². The largest absolute Gasteiger partial charge is 0.416 e. The zero-order chi connectivity index (χ0) is 15.6. The molecule has 0 radical (unpaired) electrons. The van der Waals surface area contributed by atoms with E-state index in [-0.39, 0.29) is 5.69 Å². The fourth-order valence-electron chi connectivity index (χ4n) is 1.96. The number of halogens is 5. The van der Waals surface area contributed by atoms with Crippen LogP contribution in [0.4, 0.5) is 23.2 Å². The Morgan fingerprint density at radius 2 is 1.81 bits per heavy atom. The van der Waals surface area contributed by atoms with Gasteiger partial charge in [0, 0.05) is 15.7 Å². The minimum absolute atomic E-state index is 0.289. The highest BCUT2D eigenvalue weighted by Crippen LogP contribution is 2.32. The first-order valence-corrected chi connectivity index (χ1v) is 6.95. The van der Waals surface area contributed by atoms with Crippen molar-refractivity contribution in [2.24, 2.45) is 0 Å². The number of nitrogens with one attached hydrogen (secondary N) is 1. The fourth-order valence-corrected chi connectivity index (χ4v) is 2.34. The van der Waals surface area contributed by atoms with E-state index in [2.05, 4.69) is 21.2 Å². The molecule has 1 atom stereocenters. The van der Waals surface area contributed by atoms with E-state index in [9.17, 15) is 17.6 Å². The van der Waals surface area contributed by atoms with E-state index in [0.717, 1.165) is 12.1 Å². The highest BCUT2D eigenvalue weighted by molar-refractivity contribution is 9.10. The molecule has 0 amide bonds. The van der Waals surface area contributed by atoms with Crippen molar-refractivity contribution < 1.29 is 17.6 Å². The summed E-state index contributed by atoms with van der Waals surface area (Å²) in [6.07, 6.45) is -4.40. The SMILES string of the molecule is CC(Nc1cccc(C(F)(F)F)c1)c1cc(Br)ccc1F. The third-order valence-electron chi connectivity index (χ3n) is 3.00. The lowest BCUT2D eigenvalue weighted by Crippen LogP contribution is -2.10. The van der Waals surface area contributed by atoms with E-state index >= 15 is 0 Å². The Balaban J connectivity index is 2.23. The lowest BCUT2D eigenvalue weighted by Gasteiger charge is -2.18. The Kier molecular flexibility index (Phi) is 4.56. The predicted octanol–water partition coefficient (Wildman–Crippen LogP) is 5.78. The van der Waals surface area contributed by atoms with Crippen LogP contribution in [0.3, 0.4) is 0 Å². The summed E-state index contributed by atoms with van der Waals surface area (Å²) < 4.78 is 52.4. The maximum atomic E-state index is 13.8. The summed E-state index contributed by atoms with van der Waals surface area (Å²) in [6, 6.07) is 8.84. The van der Waals surface area contributed by atoms with E-state index < -0.39 is 23.6 Å². The Morgan fingerprint density at radius 1 is 1.10 bits per heavy atom. The van der Waals surface area contributed by atoms with Crippen molar-refractivity contribution in [2.45, 2.75) is 19.1 Å². The minimum atomic E-state index is -4.40.